The lowest BCUT2D eigenvalue weighted by Gasteiger charge is -2.35. The number of carbonyl (C=O) groups is 3. The number of hydrogen-bond donors (Lipinski definition) is 1. The Morgan fingerprint density at radius 1 is 0.889 bits per heavy atom. The van der Waals surface area contributed by atoms with Crippen molar-refractivity contribution < 1.29 is 23.9 Å². The molecule has 0 fully saturated rings. The third kappa shape index (κ3) is 6.30. The molecule has 7 heteroatoms. The van der Waals surface area contributed by atoms with Crippen molar-refractivity contribution in [1.29, 1.82) is 0 Å². The molecular weight excluding hydrogens is 456 g/mol. The van der Waals surface area contributed by atoms with Crippen LogP contribution in [0.15, 0.2) is 78.9 Å². The number of benzene rings is 3. The standard InChI is InChI=1S/C29H30N2O5/c1-29(2,3)36-27(33)21-13-15-24(16-14-21)30-26(32)25-17-22-11-7-8-12-23(22)18-31(25)28(34)35-19-20-9-5-4-6-10-20/h4-16,25H,17-19H2,1-3H3,(H,30,32)/t25-/m0/s1. The first-order chi connectivity index (χ1) is 17.2. The van der Waals surface area contributed by atoms with Gasteiger partial charge in [-0.25, -0.2) is 9.59 Å². The molecule has 4 rings (SSSR count). The zero-order valence-electron chi connectivity index (χ0n) is 20.7. The highest BCUT2D eigenvalue weighted by molar-refractivity contribution is 5.97. The van der Waals surface area contributed by atoms with E-state index < -0.39 is 23.7 Å². The molecule has 1 atom stereocenters. The molecule has 0 saturated carbocycles. The molecule has 1 aliphatic heterocycles. The van der Waals surface area contributed by atoms with Gasteiger partial charge in [-0.15, -0.1) is 0 Å². The van der Waals surface area contributed by atoms with Crippen LogP contribution in [0.25, 0.3) is 0 Å². The maximum absolute atomic E-state index is 13.3. The van der Waals surface area contributed by atoms with Crippen LogP contribution in [0.4, 0.5) is 10.5 Å². The number of carbonyl (C=O) groups excluding carboxylic acids is 3. The maximum atomic E-state index is 13.3. The first-order valence-corrected chi connectivity index (χ1v) is 11.9. The van der Waals surface area contributed by atoms with E-state index in [9.17, 15) is 14.4 Å². The van der Waals surface area contributed by atoms with Crippen molar-refractivity contribution in [1.82, 2.24) is 4.90 Å². The first-order valence-electron chi connectivity index (χ1n) is 11.9. The fourth-order valence-electron chi connectivity index (χ4n) is 4.00. The number of anilines is 1. The summed E-state index contributed by atoms with van der Waals surface area (Å²) < 4.78 is 10.9. The van der Waals surface area contributed by atoms with Crippen molar-refractivity contribution in [2.45, 2.75) is 52.0 Å². The van der Waals surface area contributed by atoms with Crippen LogP contribution in [-0.2, 0) is 33.8 Å². The second kappa shape index (κ2) is 10.6. The van der Waals surface area contributed by atoms with Crippen LogP contribution in [0.1, 0.15) is 47.8 Å². The van der Waals surface area contributed by atoms with Gasteiger partial charge in [0.05, 0.1) is 12.1 Å². The van der Waals surface area contributed by atoms with Crippen LogP contribution in [0.3, 0.4) is 0 Å². The quantitative estimate of drug-likeness (QED) is 0.492. The summed E-state index contributed by atoms with van der Waals surface area (Å²) >= 11 is 0. The molecule has 1 aliphatic rings. The average Bonchev–Trinajstić information content (AvgIpc) is 2.86. The minimum Gasteiger partial charge on any atom is -0.456 e. The van der Waals surface area contributed by atoms with Gasteiger partial charge in [-0.2, -0.15) is 0 Å². The zero-order chi connectivity index (χ0) is 25.7. The van der Waals surface area contributed by atoms with Gasteiger partial charge < -0.3 is 14.8 Å². The third-order valence-corrected chi connectivity index (χ3v) is 5.78. The topological polar surface area (TPSA) is 84.9 Å². The van der Waals surface area contributed by atoms with E-state index in [1.807, 2.05) is 54.6 Å². The molecule has 0 aromatic heterocycles. The molecule has 0 aliphatic carbocycles. The molecule has 0 unspecified atom stereocenters. The van der Waals surface area contributed by atoms with E-state index in [-0.39, 0.29) is 19.1 Å². The summed E-state index contributed by atoms with van der Waals surface area (Å²) in [6.07, 6.45) is -0.174. The molecule has 36 heavy (non-hydrogen) atoms. The molecular formula is C29H30N2O5. The van der Waals surface area contributed by atoms with E-state index in [1.54, 1.807) is 45.0 Å². The molecule has 1 heterocycles. The van der Waals surface area contributed by atoms with Crippen LogP contribution in [-0.4, -0.2) is 34.5 Å². The van der Waals surface area contributed by atoms with E-state index >= 15 is 0 Å². The summed E-state index contributed by atoms with van der Waals surface area (Å²) in [5, 5.41) is 2.87. The summed E-state index contributed by atoms with van der Waals surface area (Å²) in [6.45, 7) is 5.81. The molecule has 0 bridgehead atoms. The van der Waals surface area contributed by atoms with Crippen molar-refractivity contribution >= 4 is 23.7 Å². The average molecular weight is 487 g/mol. The van der Waals surface area contributed by atoms with Crippen molar-refractivity contribution in [3.8, 4) is 0 Å². The lowest BCUT2D eigenvalue weighted by atomic mass is 9.94. The van der Waals surface area contributed by atoms with Crippen LogP contribution in [0.5, 0.6) is 0 Å². The molecule has 3 aromatic rings. The summed E-state index contributed by atoms with van der Waals surface area (Å²) in [6, 6.07) is 22.9. The van der Waals surface area contributed by atoms with Crippen molar-refractivity contribution in [2.24, 2.45) is 0 Å². The molecule has 2 amide bonds. The Hall–Kier alpha value is -4.13. The van der Waals surface area contributed by atoms with E-state index in [4.69, 9.17) is 9.47 Å². The van der Waals surface area contributed by atoms with E-state index in [2.05, 4.69) is 5.32 Å². The van der Waals surface area contributed by atoms with E-state index in [0.717, 1.165) is 16.7 Å². The fraction of sp³-hybridized carbons (Fsp3) is 0.276. The van der Waals surface area contributed by atoms with Gasteiger partial charge in [0.25, 0.3) is 0 Å². The maximum Gasteiger partial charge on any atom is 0.411 e. The van der Waals surface area contributed by atoms with Gasteiger partial charge in [0.1, 0.15) is 18.2 Å². The molecule has 0 spiro atoms. The Balaban J connectivity index is 1.47. The second-order valence-electron chi connectivity index (χ2n) is 9.73. The first kappa shape index (κ1) is 25.0. The number of ether oxygens (including phenoxy) is 2. The van der Waals surface area contributed by atoms with Crippen LogP contribution < -0.4 is 5.32 Å². The Morgan fingerprint density at radius 2 is 1.53 bits per heavy atom. The van der Waals surface area contributed by atoms with Crippen molar-refractivity contribution in [2.75, 3.05) is 5.32 Å². The Kier molecular flexibility index (Phi) is 7.38. The molecule has 3 aromatic carbocycles. The van der Waals surface area contributed by atoms with Gasteiger partial charge in [0.15, 0.2) is 0 Å². The zero-order valence-corrected chi connectivity index (χ0v) is 20.7. The Morgan fingerprint density at radius 3 is 2.19 bits per heavy atom. The van der Waals surface area contributed by atoms with Gasteiger partial charge >= 0.3 is 12.1 Å². The van der Waals surface area contributed by atoms with Crippen molar-refractivity contribution in [3.05, 3.63) is 101 Å². The number of fused-ring (bicyclic) bond motifs is 1. The Labute approximate surface area is 211 Å². The van der Waals surface area contributed by atoms with Gasteiger partial charge in [-0.05, 0) is 61.7 Å². The number of hydrogen-bond acceptors (Lipinski definition) is 5. The molecule has 0 saturated heterocycles. The van der Waals surface area contributed by atoms with Gasteiger partial charge in [-0.1, -0.05) is 54.6 Å². The van der Waals surface area contributed by atoms with Crippen LogP contribution >= 0.6 is 0 Å². The van der Waals surface area contributed by atoms with Crippen molar-refractivity contribution in [3.63, 3.8) is 0 Å². The van der Waals surface area contributed by atoms with Crippen LogP contribution in [0, 0.1) is 0 Å². The lowest BCUT2D eigenvalue weighted by Crippen LogP contribution is -2.50. The third-order valence-electron chi connectivity index (χ3n) is 5.78. The minimum absolute atomic E-state index is 0.123. The molecule has 186 valence electrons. The summed E-state index contributed by atoms with van der Waals surface area (Å²) in [7, 11) is 0. The highest BCUT2D eigenvalue weighted by Gasteiger charge is 2.35. The van der Waals surface area contributed by atoms with Crippen LogP contribution in [0.2, 0.25) is 0 Å². The largest absolute Gasteiger partial charge is 0.456 e. The van der Waals surface area contributed by atoms with E-state index in [1.165, 1.54) is 4.90 Å². The number of amides is 2. The number of rotatable bonds is 5. The molecule has 7 nitrogen and oxygen atoms in total. The van der Waals surface area contributed by atoms with Gasteiger partial charge in [0, 0.05) is 12.1 Å². The highest BCUT2D eigenvalue weighted by Crippen LogP contribution is 2.25. The molecule has 1 N–H and O–H groups in total. The molecule has 0 radical (unpaired) electrons. The van der Waals surface area contributed by atoms with E-state index in [0.29, 0.717) is 17.7 Å². The summed E-state index contributed by atoms with van der Waals surface area (Å²) in [5.41, 5.74) is 3.18. The minimum atomic E-state index is -0.742. The predicted octanol–water partition coefficient (Wildman–Crippen LogP) is 5.34. The lowest BCUT2D eigenvalue weighted by molar-refractivity contribution is -0.121. The number of esters is 1. The summed E-state index contributed by atoms with van der Waals surface area (Å²) in [4.78, 5) is 40.1. The predicted molar refractivity (Wildman–Crippen MR) is 136 cm³/mol. The monoisotopic (exact) mass is 486 g/mol. The smallest absolute Gasteiger partial charge is 0.411 e. The van der Waals surface area contributed by atoms with Gasteiger partial charge in [-0.3, -0.25) is 9.69 Å². The SMILES string of the molecule is CC(C)(C)OC(=O)c1ccc(NC(=O)[C@@H]2Cc3ccccc3CN2C(=O)OCc2ccccc2)cc1. The Bertz CT molecular complexity index is 1230. The van der Waals surface area contributed by atoms with Gasteiger partial charge in [0.2, 0.25) is 5.91 Å². The second-order valence-corrected chi connectivity index (χ2v) is 9.73. The summed E-state index contributed by atoms with van der Waals surface area (Å²) in [5.74, 6) is -0.761. The number of nitrogens with one attached hydrogen (secondary N) is 1. The normalized spacial score (nSPS) is 15.0. The highest BCUT2D eigenvalue weighted by atomic mass is 16.6. The number of nitrogens with zero attached hydrogens (tertiary/aromatic N) is 1. The fourth-order valence-corrected chi connectivity index (χ4v) is 4.00.